The van der Waals surface area contributed by atoms with Gasteiger partial charge in [-0.1, -0.05) is 30.9 Å². The van der Waals surface area contributed by atoms with Crippen LogP contribution in [0.5, 0.6) is 0 Å². The number of benzene rings is 1. The standard InChI is InChI=1S/C18H21ClN2O3S/c1-13(25-15-7-5-14(19)6-8-15)17(23)24-11-16(22)21-18(12-20)9-3-2-4-10-18/h5-8,13H,2-4,9-11H2,1H3,(H,21,22)/t13-/m0/s1. The fourth-order valence-electron chi connectivity index (χ4n) is 2.74. The SMILES string of the molecule is C[C@H](Sc1ccc(Cl)cc1)C(=O)OCC(=O)NC1(C#N)CCCCC1. The second-order valence-electron chi connectivity index (χ2n) is 6.12. The molecule has 0 aliphatic heterocycles. The monoisotopic (exact) mass is 380 g/mol. The largest absolute Gasteiger partial charge is 0.455 e. The van der Waals surface area contributed by atoms with Crippen LogP contribution in [-0.4, -0.2) is 29.3 Å². The molecule has 1 saturated carbocycles. The van der Waals surface area contributed by atoms with Gasteiger partial charge in [0.25, 0.3) is 5.91 Å². The Bertz CT molecular complexity index is 651. The topological polar surface area (TPSA) is 79.2 Å². The number of carbonyl (C=O) groups is 2. The zero-order valence-electron chi connectivity index (χ0n) is 14.1. The van der Waals surface area contributed by atoms with Gasteiger partial charge in [-0.15, -0.1) is 11.8 Å². The van der Waals surface area contributed by atoms with Crippen LogP contribution in [0, 0.1) is 11.3 Å². The number of halogens is 1. The van der Waals surface area contributed by atoms with Gasteiger partial charge in [-0.2, -0.15) is 5.26 Å². The van der Waals surface area contributed by atoms with Gasteiger partial charge in [-0.05, 0) is 44.0 Å². The number of thioether (sulfide) groups is 1. The summed E-state index contributed by atoms with van der Waals surface area (Å²) in [6.07, 6.45) is 4.20. The molecule has 1 atom stereocenters. The zero-order valence-corrected chi connectivity index (χ0v) is 15.7. The van der Waals surface area contributed by atoms with Crippen LogP contribution in [0.2, 0.25) is 5.02 Å². The fraction of sp³-hybridized carbons (Fsp3) is 0.500. The molecule has 5 nitrogen and oxygen atoms in total. The van der Waals surface area contributed by atoms with Crippen molar-refractivity contribution < 1.29 is 14.3 Å². The Morgan fingerprint density at radius 1 is 1.32 bits per heavy atom. The quantitative estimate of drug-likeness (QED) is 0.601. The molecule has 2 rings (SSSR count). The van der Waals surface area contributed by atoms with Crippen LogP contribution >= 0.6 is 23.4 Å². The predicted octanol–water partition coefficient (Wildman–Crippen LogP) is 3.71. The van der Waals surface area contributed by atoms with Crippen LogP contribution in [0.4, 0.5) is 0 Å². The number of nitrogens with one attached hydrogen (secondary N) is 1. The Morgan fingerprint density at radius 3 is 2.56 bits per heavy atom. The minimum atomic E-state index is -0.814. The highest BCUT2D eigenvalue weighted by Crippen LogP contribution is 2.28. The first-order chi connectivity index (χ1) is 11.9. The number of hydrogen-bond acceptors (Lipinski definition) is 5. The van der Waals surface area contributed by atoms with Gasteiger partial charge in [-0.3, -0.25) is 9.59 Å². The number of carbonyl (C=O) groups excluding carboxylic acids is 2. The second kappa shape index (κ2) is 9.12. The molecule has 0 aromatic heterocycles. The molecular weight excluding hydrogens is 360 g/mol. The summed E-state index contributed by atoms with van der Waals surface area (Å²) < 4.78 is 5.09. The first-order valence-electron chi connectivity index (χ1n) is 8.25. The Kier molecular flexibility index (Phi) is 7.15. The third-order valence-corrected chi connectivity index (χ3v) is 5.45. The summed E-state index contributed by atoms with van der Waals surface area (Å²) in [5, 5.41) is 12.3. The van der Waals surface area contributed by atoms with E-state index in [-0.39, 0.29) is 6.61 Å². The van der Waals surface area contributed by atoms with E-state index in [1.807, 2.05) is 12.1 Å². The maximum absolute atomic E-state index is 12.0. The van der Waals surface area contributed by atoms with Crippen molar-refractivity contribution in [1.29, 1.82) is 5.26 Å². The number of ether oxygens (including phenoxy) is 1. The van der Waals surface area contributed by atoms with Gasteiger partial charge in [-0.25, -0.2) is 0 Å². The van der Waals surface area contributed by atoms with Gasteiger partial charge < -0.3 is 10.1 Å². The third kappa shape index (κ3) is 5.94. The lowest BCUT2D eigenvalue weighted by atomic mass is 9.83. The molecule has 1 aliphatic rings. The number of rotatable bonds is 6. The van der Waals surface area contributed by atoms with Gasteiger partial charge in [0.05, 0.1) is 6.07 Å². The summed E-state index contributed by atoms with van der Waals surface area (Å²) in [4.78, 5) is 25.0. The lowest BCUT2D eigenvalue weighted by Gasteiger charge is -2.31. The van der Waals surface area contributed by atoms with E-state index < -0.39 is 22.7 Å². The van der Waals surface area contributed by atoms with Crippen molar-refractivity contribution in [3.8, 4) is 6.07 Å². The molecule has 0 heterocycles. The van der Waals surface area contributed by atoms with Crippen LogP contribution in [-0.2, 0) is 14.3 Å². The fourth-order valence-corrected chi connectivity index (χ4v) is 3.73. The van der Waals surface area contributed by atoms with Crippen molar-refractivity contribution in [3.05, 3.63) is 29.3 Å². The molecule has 1 aliphatic carbocycles. The van der Waals surface area contributed by atoms with E-state index in [0.29, 0.717) is 17.9 Å². The first-order valence-corrected chi connectivity index (χ1v) is 9.51. The Balaban J connectivity index is 1.79. The summed E-state index contributed by atoms with van der Waals surface area (Å²) in [6, 6.07) is 9.36. The van der Waals surface area contributed by atoms with E-state index in [1.165, 1.54) is 11.8 Å². The first kappa shape index (κ1) is 19.6. The minimum absolute atomic E-state index is 0.367. The van der Waals surface area contributed by atoms with Gasteiger partial charge in [0.2, 0.25) is 0 Å². The summed E-state index contributed by atoms with van der Waals surface area (Å²) in [7, 11) is 0. The lowest BCUT2D eigenvalue weighted by molar-refractivity contribution is -0.148. The molecule has 0 saturated heterocycles. The van der Waals surface area contributed by atoms with Crippen LogP contribution in [0.25, 0.3) is 0 Å². The highest BCUT2D eigenvalue weighted by atomic mass is 35.5. The van der Waals surface area contributed by atoms with E-state index >= 15 is 0 Å². The Labute approximate surface area is 157 Å². The van der Waals surface area contributed by atoms with Crippen molar-refractivity contribution in [3.63, 3.8) is 0 Å². The average Bonchev–Trinajstić information content (AvgIpc) is 2.62. The highest BCUT2D eigenvalue weighted by Gasteiger charge is 2.33. The minimum Gasteiger partial charge on any atom is -0.455 e. The van der Waals surface area contributed by atoms with Gasteiger partial charge >= 0.3 is 5.97 Å². The summed E-state index contributed by atoms with van der Waals surface area (Å²) >= 11 is 7.16. The van der Waals surface area contributed by atoms with Gasteiger partial charge in [0, 0.05) is 9.92 Å². The van der Waals surface area contributed by atoms with Gasteiger partial charge in [0.1, 0.15) is 10.8 Å². The number of nitrogens with zero attached hydrogens (tertiary/aromatic N) is 1. The van der Waals surface area contributed by atoms with Gasteiger partial charge in [0.15, 0.2) is 6.61 Å². The molecule has 1 amide bonds. The molecule has 1 N–H and O–H groups in total. The Hall–Kier alpha value is -1.71. The van der Waals surface area contributed by atoms with E-state index in [9.17, 15) is 14.9 Å². The van der Waals surface area contributed by atoms with Crippen molar-refractivity contribution in [2.24, 2.45) is 0 Å². The number of amides is 1. The normalized spacial score (nSPS) is 17.2. The third-order valence-electron chi connectivity index (χ3n) is 4.10. The van der Waals surface area contributed by atoms with Crippen LogP contribution in [0.15, 0.2) is 29.2 Å². The van der Waals surface area contributed by atoms with E-state index in [0.717, 1.165) is 24.2 Å². The van der Waals surface area contributed by atoms with E-state index in [2.05, 4.69) is 11.4 Å². The molecule has 1 aromatic carbocycles. The predicted molar refractivity (Wildman–Crippen MR) is 97.3 cm³/mol. The summed E-state index contributed by atoms with van der Waals surface area (Å²) in [5.41, 5.74) is -0.814. The van der Waals surface area contributed by atoms with Crippen molar-refractivity contribution in [2.45, 2.75) is 54.7 Å². The molecule has 0 unspecified atom stereocenters. The van der Waals surface area contributed by atoms with Crippen LogP contribution < -0.4 is 5.32 Å². The van der Waals surface area contributed by atoms with Crippen molar-refractivity contribution in [2.75, 3.05) is 6.61 Å². The number of nitriles is 1. The molecule has 1 aromatic rings. The second-order valence-corrected chi connectivity index (χ2v) is 7.98. The summed E-state index contributed by atoms with van der Waals surface area (Å²) in [5.74, 6) is -0.898. The van der Waals surface area contributed by atoms with Crippen LogP contribution in [0.3, 0.4) is 0 Å². The maximum Gasteiger partial charge on any atom is 0.319 e. The lowest BCUT2D eigenvalue weighted by Crippen LogP contribution is -2.50. The number of esters is 1. The molecule has 0 spiro atoms. The highest BCUT2D eigenvalue weighted by molar-refractivity contribution is 8.00. The van der Waals surface area contributed by atoms with E-state index in [1.54, 1.807) is 19.1 Å². The zero-order chi connectivity index (χ0) is 18.3. The average molecular weight is 381 g/mol. The molecular formula is C18H21ClN2O3S. The van der Waals surface area contributed by atoms with Crippen LogP contribution in [0.1, 0.15) is 39.0 Å². The van der Waals surface area contributed by atoms with Crippen molar-refractivity contribution in [1.82, 2.24) is 5.32 Å². The molecule has 1 fully saturated rings. The Morgan fingerprint density at radius 2 is 1.96 bits per heavy atom. The molecule has 25 heavy (non-hydrogen) atoms. The molecule has 0 radical (unpaired) electrons. The smallest absolute Gasteiger partial charge is 0.319 e. The molecule has 0 bridgehead atoms. The molecule has 7 heteroatoms. The van der Waals surface area contributed by atoms with E-state index in [4.69, 9.17) is 16.3 Å². The maximum atomic E-state index is 12.0. The van der Waals surface area contributed by atoms with Crippen molar-refractivity contribution >= 4 is 35.2 Å². The summed E-state index contributed by atoms with van der Waals surface area (Å²) in [6.45, 7) is 1.35. The number of hydrogen-bond donors (Lipinski definition) is 1. The molecule has 134 valence electrons.